The molecule has 4 aromatic rings. The van der Waals surface area contributed by atoms with E-state index in [-0.39, 0.29) is 22.8 Å². The maximum absolute atomic E-state index is 14.1. The van der Waals surface area contributed by atoms with Crippen molar-refractivity contribution in [1.82, 2.24) is 9.88 Å². The summed E-state index contributed by atoms with van der Waals surface area (Å²) in [5.41, 5.74) is 6.59. The number of fused-ring (bicyclic) bond motifs is 1. The van der Waals surface area contributed by atoms with Gasteiger partial charge in [-0.25, -0.2) is 4.98 Å². The van der Waals surface area contributed by atoms with Gasteiger partial charge in [-0.3, -0.25) is 9.59 Å². The number of morpholine rings is 1. The number of hydrogen-bond acceptors (Lipinski definition) is 6. The van der Waals surface area contributed by atoms with Crippen LogP contribution in [0.5, 0.6) is 0 Å². The third-order valence-electron chi connectivity index (χ3n) is 7.04. The molecule has 42 heavy (non-hydrogen) atoms. The third kappa shape index (κ3) is 6.88. The zero-order valence-electron chi connectivity index (χ0n) is 23.2. The van der Waals surface area contributed by atoms with Crippen LogP contribution in [0.2, 0.25) is 0 Å². The lowest BCUT2D eigenvalue weighted by Gasteiger charge is -2.38. The van der Waals surface area contributed by atoms with E-state index in [1.807, 2.05) is 13.8 Å². The van der Waals surface area contributed by atoms with Crippen molar-refractivity contribution in [2.24, 2.45) is 0 Å². The molecule has 6 nitrogen and oxygen atoms in total. The number of carbonyl (C=O) groups excluding carboxylic acids is 2. The fourth-order valence-electron chi connectivity index (χ4n) is 4.92. The van der Waals surface area contributed by atoms with Crippen LogP contribution in [0.15, 0.2) is 66.9 Å². The number of hydrogen-bond donors (Lipinski definition) is 1. The van der Waals surface area contributed by atoms with Crippen molar-refractivity contribution < 1.29 is 27.5 Å². The number of nitrogens with zero attached hydrogens (tertiary/aromatic N) is 2. The monoisotopic (exact) mass is 593 g/mol. The molecule has 1 saturated heterocycles. The second-order valence-electron chi connectivity index (χ2n) is 10.9. The second kappa shape index (κ2) is 11.7. The fraction of sp³-hybridized carbons (Fsp3) is 0.281. The van der Waals surface area contributed by atoms with Crippen LogP contribution >= 0.6 is 11.3 Å². The average Bonchev–Trinajstić information content (AvgIpc) is 3.37. The number of rotatable bonds is 7. The number of amides is 1. The van der Waals surface area contributed by atoms with Crippen LogP contribution in [0, 0.1) is 0 Å². The fourth-order valence-corrected chi connectivity index (χ4v) is 6.09. The predicted molar refractivity (Wildman–Crippen MR) is 159 cm³/mol. The molecule has 0 atom stereocenters. The molecule has 2 aromatic heterocycles. The first-order chi connectivity index (χ1) is 19.9. The molecule has 0 bridgehead atoms. The van der Waals surface area contributed by atoms with Gasteiger partial charge in [0.1, 0.15) is 5.82 Å². The number of ether oxygens (including phenoxy) is 1. The van der Waals surface area contributed by atoms with Crippen molar-refractivity contribution in [2.75, 3.05) is 25.4 Å². The van der Waals surface area contributed by atoms with Gasteiger partial charge in [0.25, 0.3) is 5.91 Å². The molecule has 0 spiro atoms. The average molecular weight is 594 g/mol. The van der Waals surface area contributed by atoms with Crippen LogP contribution in [0.25, 0.3) is 27.3 Å². The van der Waals surface area contributed by atoms with Crippen LogP contribution in [0.3, 0.4) is 0 Å². The maximum atomic E-state index is 14.1. The van der Waals surface area contributed by atoms with Crippen LogP contribution in [-0.4, -0.2) is 46.9 Å². The van der Waals surface area contributed by atoms with Gasteiger partial charge in [-0.15, -0.1) is 11.3 Å². The zero-order valence-corrected chi connectivity index (χ0v) is 24.0. The molecule has 5 rings (SSSR count). The number of aryl methyl sites for hydroxylation is 1. The summed E-state index contributed by atoms with van der Waals surface area (Å²) in [5, 5.41) is 0.464. The van der Waals surface area contributed by atoms with Crippen molar-refractivity contribution in [3.8, 4) is 11.1 Å². The standard InChI is InChI=1S/C32H30F3N3O3S/c1-31(2)19-38(13-14-41-31)30(40)22-7-5-21(6-8-22)23-15-24-16-26(42-29(24)27(17-23)32(33,34)35)11-10-25(39)9-3-20-4-12-28(36)37-18-20/h3-9,12,15-18H,10-11,13-14,19H2,1-2H3,(H2,36,37)/b9-3+. The molecule has 2 N–H and O–H groups in total. The van der Waals surface area contributed by atoms with Gasteiger partial charge < -0.3 is 15.4 Å². The molecule has 1 aliphatic heterocycles. The Hall–Kier alpha value is -4.02. The van der Waals surface area contributed by atoms with E-state index in [9.17, 15) is 22.8 Å². The summed E-state index contributed by atoms with van der Waals surface area (Å²) in [7, 11) is 0. The highest BCUT2D eigenvalue weighted by atomic mass is 32.1. The molecule has 0 saturated carbocycles. The second-order valence-corrected chi connectivity index (χ2v) is 12.0. The van der Waals surface area contributed by atoms with Crippen LogP contribution in [0.1, 0.15) is 46.6 Å². The van der Waals surface area contributed by atoms with E-state index in [1.54, 1.807) is 65.7 Å². The van der Waals surface area contributed by atoms with Crippen molar-refractivity contribution in [3.05, 3.63) is 88.4 Å². The van der Waals surface area contributed by atoms with Gasteiger partial charge in [0.15, 0.2) is 5.78 Å². The molecule has 0 radical (unpaired) electrons. The molecule has 1 aliphatic rings. The van der Waals surface area contributed by atoms with Crippen molar-refractivity contribution in [2.45, 2.75) is 38.5 Å². The number of allylic oxidation sites excluding steroid dienone is 1. The van der Waals surface area contributed by atoms with E-state index >= 15 is 0 Å². The van der Waals surface area contributed by atoms with Crippen LogP contribution in [-0.2, 0) is 22.1 Å². The molecule has 0 unspecified atom stereocenters. The number of alkyl halides is 3. The molecular weight excluding hydrogens is 563 g/mol. The van der Waals surface area contributed by atoms with Gasteiger partial charge in [-0.2, -0.15) is 13.2 Å². The Bertz CT molecular complexity index is 1640. The molecule has 3 heterocycles. The van der Waals surface area contributed by atoms with Gasteiger partial charge in [0.05, 0.1) is 17.8 Å². The SMILES string of the molecule is CC1(C)CN(C(=O)c2ccc(-c3cc(C(F)(F)F)c4sc(CCC(=O)/C=C/c5ccc(N)nc5)cc4c3)cc2)CCO1. The Morgan fingerprint density at radius 1 is 1.10 bits per heavy atom. The van der Waals surface area contributed by atoms with E-state index < -0.39 is 17.3 Å². The molecular formula is C32H30F3N3O3S. The number of benzene rings is 2. The number of thiophene rings is 1. The highest BCUT2D eigenvalue weighted by Gasteiger charge is 2.34. The van der Waals surface area contributed by atoms with E-state index in [2.05, 4.69) is 4.98 Å². The minimum Gasteiger partial charge on any atom is -0.384 e. The Kier molecular flexibility index (Phi) is 8.21. The maximum Gasteiger partial charge on any atom is 0.417 e. The molecule has 10 heteroatoms. The minimum absolute atomic E-state index is 0.138. The van der Waals surface area contributed by atoms with E-state index in [1.165, 1.54) is 6.08 Å². The Labute approximate surface area is 245 Å². The first-order valence-corrected chi connectivity index (χ1v) is 14.3. The Morgan fingerprint density at radius 2 is 1.86 bits per heavy atom. The van der Waals surface area contributed by atoms with Crippen molar-refractivity contribution in [1.29, 1.82) is 0 Å². The number of carbonyl (C=O) groups is 2. The minimum atomic E-state index is -4.55. The lowest BCUT2D eigenvalue weighted by atomic mass is 9.99. The normalized spacial score (nSPS) is 15.4. The highest BCUT2D eigenvalue weighted by Crippen LogP contribution is 2.42. The topological polar surface area (TPSA) is 85.5 Å². The van der Waals surface area contributed by atoms with Gasteiger partial charge in [-0.1, -0.05) is 12.1 Å². The Balaban J connectivity index is 1.34. The summed E-state index contributed by atoms with van der Waals surface area (Å²) >= 11 is 1.05. The van der Waals surface area contributed by atoms with Crippen LogP contribution in [0.4, 0.5) is 19.0 Å². The summed E-state index contributed by atoms with van der Waals surface area (Å²) in [4.78, 5) is 31.8. The molecule has 2 aromatic carbocycles. The van der Waals surface area contributed by atoms with Gasteiger partial charge in [0.2, 0.25) is 0 Å². The van der Waals surface area contributed by atoms with E-state index in [0.29, 0.717) is 58.9 Å². The highest BCUT2D eigenvalue weighted by molar-refractivity contribution is 7.19. The quantitative estimate of drug-likeness (QED) is 0.233. The van der Waals surface area contributed by atoms with E-state index in [0.717, 1.165) is 23.0 Å². The van der Waals surface area contributed by atoms with Crippen molar-refractivity contribution in [3.63, 3.8) is 0 Å². The number of nitrogen functional groups attached to an aromatic ring is 1. The molecule has 218 valence electrons. The number of ketones is 1. The Morgan fingerprint density at radius 3 is 2.52 bits per heavy atom. The molecule has 1 amide bonds. The van der Waals surface area contributed by atoms with Gasteiger partial charge in [0, 0.05) is 40.8 Å². The summed E-state index contributed by atoms with van der Waals surface area (Å²) in [5.74, 6) is 0.0994. The number of halogens is 3. The number of nitrogens with two attached hydrogens (primary N) is 1. The first kappa shape index (κ1) is 29.5. The van der Waals surface area contributed by atoms with Crippen molar-refractivity contribution >= 4 is 45.0 Å². The van der Waals surface area contributed by atoms with Crippen LogP contribution < -0.4 is 5.73 Å². The summed E-state index contributed by atoms with van der Waals surface area (Å²) in [6.07, 6.45) is 0.557. The lowest BCUT2D eigenvalue weighted by molar-refractivity contribution is -0.136. The van der Waals surface area contributed by atoms with E-state index in [4.69, 9.17) is 10.5 Å². The largest absolute Gasteiger partial charge is 0.417 e. The number of anilines is 1. The van der Waals surface area contributed by atoms with Gasteiger partial charge >= 0.3 is 6.18 Å². The third-order valence-corrected chi connectivity index (χ3v) is 8.28. The summed E-state index contributed by atoms with van der Waals surface area (Å²) < 4.78 is 48.2. The van der Waals surface area contributed by atoms with Gasteiger partial charge in [-0.05, 0) is 97.0 Å². The zero-order chi connectivity index (χ0) is 30.1. The smallest absolute Gasteiger partial charge is 0.384 e. The lowest BCUT2D eigenvalue weighted by Crippen LogP contribution is -2.50. The first-order valence-electron chi connectivity index (χ1n) is 13.5. The summed E-state index contributed by atoms with van der Waals surface area (Å²) in [6.45, 7) is 5.25. The molecule has 0 aliphatic carbocycles. The molecule has 1 fully saturated rings. The number of aromatic nitrogens is 1. The summed E-state index contributed by atoms with van der Waals surface area (Å²) in [6, 6.07) is 14.6. The number of pyridine rings is 1. The predicted octanol–water partition coefficient (Wildman–Crippen LogP) is 7.03.